The van der Waals surface area contributed by atoms with Crippen LogP contribution in [0.1, 0.15) is 55.2 Å². The normalized spacial score (nSPS) is 23.5. The maximum atomic E-state index is 12.9. The SMILES string of the molecule is Cc1cc2c(cc1[N+](=O)[O-])CC(CCC(=O)N1CCC[C@@H]1C(=O)N1CCCC1)C2. The molecule has 7 heteroatoms. The molecule has 0 radical (unpaired) electrons. The molecule has 7 nitrogen and oxygen atoms in total. The Hall–Kier alpha value is -2.44. The number of rotatable bonds is 5. The summed E-state index contributed by atoms with van der Waals surface area (Å²) in [7, 11) is 0. The summed E-state index contributed by atoms with van der Waals surface area (Å²) >= 11 is 0. The summed E-state index contributed by atoms with van der Waals surface area (Å²) in [4.78, 5) is 40.2. The Balaban J connectivity index is 1.33. The number of nitro groups is 1. The number of nitro benzene ring substituents is 1. The van der Waals surface area contributed by atoms with E-state index < -0.39 is 0 Å². The Morgan fingerprint density at radius 1 is 1.10 bits per heavy atom. The van der Waals surface area contributed by atoms with E-state index in [4.69, 9.17) is 0 Å². The lowest BCUT2D eigenvalue weighted by molar-refractivity contribution is -0.385. The highest BCUT2D eigenvalue weighted by molar-refractivity contribution is 5.88. The maximum absolute atomic E-state index is 12.9. The fraction of sp³-hybridized carbons (Fsp3) is 0.636. The molecule has 0 aromatic heterocycles. The predicted octanol–water partition coefficient (Wildman–Crippen LogP) is 3.01. The summed E-state index contributed by atoms with van der Waals surface area (Å²) in [6.45, 7) is 4.10. The molecule has 1 aromatic rings. The van der Waals surface area contributed by atoms with Crippen molar-refractivity contribution in [3.05, 3.63) is 38.9 Å². The van der Waals surface area contributed by atoms with Crippen molar-refractivity contribution in [1.29, 1.82) is 0 Å². The molecule has 0 saturated carbocycles. The van der Waals surface area contributed by atoms with Gasteiger partial charge in [-0.2, -0.15) is 0 Å². The van der Waals surface area contributed by atoms with Gasteiger partial charge >= 0.3 is 0 Å². The second kappa shape index (κ2) is 8.13. The molecule has 1 aromatic carbocycles. The molecule has 2 amide bonds. The lowest BCUT2D eigenvalue weighted by Crippen LogP contribution is -2.47. The van der Waals surface area contributed by atoms with Gasteiger partial charge in [0.05, 0.1) is 4.92 Å². The number of aryl methyl sites for hydroxylation is 1. The van der Waals surface area contributed by atoms with Crippen LogP contribution in [-0.4, -0.2) is 52.2 Å². The molecular weight excluding hydrogens is 370 g/mol. The van der Waals surface area contributed by atoms with Gasteiger partial charge in [0, 0.05) is 37.7 Å². The van der Waals surface area contributed by atoms with Crippen LogP contribution in [0.2, 0.25) is 0 Å². The van der Waals surface area contributed by atoms with Crippen LogP contribution in [0.3, 0.4) is 0 Å². The van der Waals surface area contributed by atoms with Crippen molar-refractivity contribution in [2.24, 2.45) is 5.92 Å². The summed E-state index contributed by atoms with van der Waals surface area (Å²) in [5.74, 6) is 0.549. The summed E-state index contributed by atoms with van der Waals surface area (Å²) in [6.07, 6.45) is 6.67. The number of carbonyl (C=O) groups excluding carboxylic acids is 2. The topological polar surface area (TPSA) is 83.8 Å². The van der Waals surface area contributed by atoms with E-state index in [0.29, 0.717) is 24.4 Å². The first-order valence-electron chi connectivity index (χ1n) is 10.8. The van der Waals surface area contributed by atoms with Crippen LogP contribution >= 0.6 is 0 Å². The number of benzene rings is 1. The zero-order chi connectivity index (χ0) is 20.5. The van der Waals surface area contributed by atoms with Crippen molar-refractivity contribution in [2.75, 3.05) is 19.6 Å². The number of amides is 2. The average Bonchev–Trinajstić information content (AvgIpc) is 3.44. The number of fused-ring (bicyclic) bond motifs is 1. The van der Waals surface area contributed by atoms with E-state index in [0.717, 1.165) is 63.6 Å². The molecule has 29 heavy (non-hydrogen) atoms. The molecule has 0 bridgehead atoms. The quantitative estimate of drug-likeness (QED) is 0.563. The summed E-state index contributed by atoms with van der Waals surface area (Å²) in [5.41, 5.74) is 3.10. The minimum absolute atomic E-state index is 0.0816. The lowest BCUT2D eigenvalue weighted by Gasteiger charge is -2.28. The van der Waals surface area contributed by atoms with Gasteiger partial charge in [-0.25, -0.2) is 0 Å². The van der Waals surface area contributed by atoms with Crippen molar-refractivity contribution in [2.45, 2.75) is 64.3 Å². The number of hydrogen-bond acceptors (Lipinski definition) is 4. The third kappa shape index (κ3) is 4.00. The Kier molecular flexibility index (Phi) is 5.56. The van der Waals surface area contributed by atoms with E-state index in [-0.39, 0.29) is 28.5 Å². The van der Waals surface area contributed by atoms with Gasteiger partial charge in [0.15, 0.2) is 0 Å². The molecule has 2 fully saturated rings. The molecule has 0 spiro atoms. The summed E-state index contributed by atoms with van der Waals surface area (Å²) < 4.78 is 0. The third-order valence-electron chi connectivity index (χ3n) is 6.77. The molecular formula is C22H29N3O4. The van der Waals surface area contributed by atoms with E-state index in [9.17, 15) is 19.7 Å². The van der Waals surface area contributed by atoms with Crippen LogP contribution in [0.25, 0.3) is 0 Å². The van der Waals surface area contributed by atoms with E-state index >= 15 is 0 Å². The monoisotopic (exact) mass is 399 g/mol. The second-order valence-corrected chi connectivity index (χ2v) is 8.76. The molecule has 0 N–H and O–H groups in total. The molecule has 1 unspecified atom stereocenters. The first-order valence-corrected chi connectivity index (χ1v) is 10.8. The maximum Gasteiger partial charge on any atom is 0.272 e. The van der Waals surface area contributed by atoms with Crippen molar-refractivity contribution in [3.63, 3.8) is 0 Å². The fourth-order valence-corrected chi connectivity index (χ4v) is 5.22. The van der Waals surface area contributed by atoms with Gasteiger partial charge in [-0.15, -0.1) is 0 Å². The van der Waals surface area contributed by atoms with Gasteiger partial charge in [-0.3, -0.25) is 19.7 Å². The van der Waals surface area contributed by atoms with Crippen LogP contribution < -0.4 is 0 Å². The zero-order valence-electron chi connectivity index (χ0n) is 17.1. The Bertz CT molecular complexity index is 832. The first-order chi connectivity index (χ1) is 13.9. The average molecular weight is 399 g/mol. The van der Waals surface area contributed by atoms with Crippen LogP contribution in [0.15, 0.2) is 12.1 Å². The van der Waals surface area contributed by atoms with Gasteiger partial charge in [0.2, 0.25) is 11.8 Å². The van der Waals surface area contributed by atoms with E-state index in [1.807, 2.05) is 11.0 Å². The molecule has 4 rings (SSSR count). The Labute approximate surface area is 171 Å². The minimum Gasteiger partial charge on any atom is -0.341 e. The molecule has 2 aliphatic heterocycles. The van der Waals surface area contributed by atoms with Gasteiger partial charge < -0.3 is 9.80 Å². The van der Waals surface area contributed by atoms with Crippen LogP contribution in [0, 0.1) is 23.0 Å². The van der Waals surface area contributed by atoms with Gasteiger partial charge in [-0.1, -0.05) is 0 Å². The number of nitrogens with zero attached hydrogens (tertiary/aromatic N) is 3. The molecule has 1 aliphatic carbocycles. The predicted molar refractivity (Wildman–Crippen MR) is 109 cm³/mol. The smallest absolute Gasteiger partial charge is 0.272 e. The Morgan fingerprint density at radius 2 is 1.79 bits per heavy atom. The second-order valence-electron chi connectivity index (χ2n) is 8.76. The largest absolute Gasteiger partial charge is 0.341 e. The standard InChI is InChI=1S/C22H29N3O4/c1-15-11-17-12-16(13-18(17)14-20(15)25(28)29)6-7-21(26)24-10-4-5-19(24)22(27)23-8-2-3-9-23/h11,14,16,19H,2-10,12-13H2,1H3/t16?,19-/m1/s1. The van der Waals surface area contributed by atoms with Crippen LogP contribution in [0.4, 0.5) is 5.69 Å². The highest BCUT2D eigenvalue weighted by Crippen LogP contribution is 2.34. The van der Waals surface area contributed by atoms with Crippen molar-refractivity contribution >= 4 is 17.5 Å². The Morgan fingerprint density at radius 3 is 2.48 bits per heavy atom. The van der Waals surface area contributed by atoms with E-state index in [1.54, 1.807) is 17.9 Å². The van der Waals surface area contributed by atoms with Crippen molar-refractivity contribution < 1.29 is 14.5 Å². The minimum atomic E-state index is -0.322. The third-order valence-corrected chi connectivity index (χ3v) is 6.77. The molecule has 2 atom stereocenters. The molecule has 3 aliphatic rings. The van der Waals surface area contributed by atoms with Gasteiger partial charge in [0.25, 0.3) is 5.69 Å². The molecule has 2 heterocycles. The highest BCUT2D eigenvalue weighted by atomic mass is 16.6. The van der Waals surface area contributed by atoms with Crippen molar-refractivity contribution in [3.8, 4) is 0 Å². The van der Waals surface area contributed by atoms with Gasteiger partial charge in [-0.05, 0) is 75.0 Å². The summed E-state index contributed by atoms with van der Waals surface area (Å²) in [6, 6.07) is 3.37. The van der Waals surface area contributed by atoms with Crippen LogP contribution in [0.5, 0.6) is 0 Å². The number of likely N-dealkylation sites (tertiary alicyclic amines) is 2. The van der Waals surface area contributed by atoms with Crippen molar-refractivity contribution in [1.82, 2.24) is 9.80 Å². The number of carbonyl (C=O) groups is 2. The first kappa shape index (κ1) is 19.9. The fourth-order valence-electron chi connectivity index (χ4n) is 5.22. The molecule has 156 valence electrons. The zero-order valence-corrected chi connectivity index (χ0v) is 17.1. The lowest BCUT2D eigenvalue weighted by atomic mass is 9.99. The number of hydrogen-bond donors (Lipinski definition) is 0. The van der Waals surface area contributed by atoms with Gasteiger partial charge in [0.1, 0.15) is 6.04 Å². The summed E-state index contributed by atoms with van der Waals surface area (Å²) in [5, 5.41) is 11.2. The van der Waals surface area contributed by atoms with E-state index in [2.05, 4.69) is 0 Å². The van der Waals surface area contributed by atoms with Crippen LogP contribution in [-0.2, 0) is 22.4 Å². The highest BCUT2D eigenvalue weighted by Gasteiger charge is 2.37. The molecule has 2 saturated heterocycles. The van der Waals surface area contributed by atoms with E-state index in [1.165, 1.54) is 5.56 Å².